The minimum absolute atomic E-state index is 0.300. The van der Waals surface area contributed by atoms with Crippen LogP contribution in [0.5, 0.6) is 0 Å². The lowest BCUT2D eigenvalue weighted by molar-refractivity contribution is 0.0697. The summed E-state index contributed by atoms with van der Waals surface area (Å²) in [5.41, 5.74) is 0.995. The molecule has 0 heterocycles. The maximum atomic E-state index is 11.4. The predicted molar refractivity (Wildman–Crippen MR) is 84.0 cm³/mol. The molecule has 112 valence electrons. The molecule has 1 N–H and O–H groups in total. The van der Waals surface area contributed by atoms with Crippen molar-refractivity contribution >= 4 is 23.3 Å². The van der Waals surface area contributed by atoms with Crippen LogP contribution in [0.3, 0.4) is 0 Å². The van der Waals surface area contributed by atoms with E-state index in [9.17, 15) is 9.90 Å². The van der Waals surface area contributed by atoms with Gasteiger partial charge in [0.15, 0.2) is 0 Å². The fraction of sp³-hybridized carbons (Fsp3) is 0.533. The van der Waals surface area contributed by atoms with Crippen LogP contribution < -0.4 is 4.90 Å². The highest BCUT2D eigenvalue weighted by molar-refractivity contribution is 6.31. The number of carboxylic acid groups (broad SMARTS) is 1. The smallest absolute Gasteiger partial charge is 0.337 e. The van der Waals surface area contributed by atoms with Crippen LogP contribution in [0.25, 0.3) is 0 Å². The van der Waals surface area contributed by atoms with Crippen LogP contribution in [0.4, 0.5) is 5.69 Å². The molecule has 1 aromatic rings. The Labute approximate surface area is 125 Å². The average molecular weight is 299 g/mol. The number of carbonyl (C=O) groups is 1. The maximum absolute atomic E-state index is 11.4. The lowest BCUT2D eigenvalue weighted by Gasteiger charge is -2.29. The maximum Gasteiger partial charge on any atom is 0.337 e. The van der Waals surface area contributed by atoms with Gasteiger partial charge in [0, 0.05) is 24.7 Å². The summed E-state index contributed by atoms with van der Waals surface area (Å²) < 4.78 is 0. The normalized spacial score (nSPS) is 11.2. The molecule has 0 aliphatic carbocycles. The number of rotatable bonds is 7. The second-order valence-corrected chi connectivity index (χ2v) is 6.05. The molecule has 0 aromatic heterocycles. The molecule has 0 bridgehead atoms. The highest BCUT2D eigenvalue weighted by Crippen LogP contribution is 2.26. The summed E-state index contributed by atoms with van der Waals surface area (Å²) in [5, 5.41) is 9.90. The van der Waals surface area contributed by atoms with Crippen molar-refractivity contribution in [1.82, 2.24) is 4.90 Å². The number of anilines is 1. The van der Waals surface area contributed by atoms with Gasteiger partial charge in [-0.1, -0.05) is 25.4 Å². The van der Waals surface area contributed by atoms with E-state index in [2.05, 4.69) is 23.6 Å². The zero-order valence-corrected chi connectivity index (χ0v) is 13.3. The molecular formula is C15H23ClN2O2. The van der Waals surface area contributed by atoms with Gasteiger partial charge < -0.3 is 14.9 Å². The van der Waals surface area contributed by atoms with Gasteiger partial charge in [0.05, 0.1) is 11.3 Å². The Hall–Kier alpha value is -1.26. The zero-order chi connectivity index (χ0) is 15.3. The Morgan fingerprint density at radius 1 is 1.30 bits per heavy atom. The molecule has 0 atom stereocenters. The molecular weight excluding hydrogens is 276 g/mol. The third-order valence-corrected chi connectivity index (χ3v) is 3.17. The molecule has 0 fully saturated rings. The molecule has 4 nitrogen and oxygen atoms in total. The molecule has 5 heteroatoms. The fourth-order valence-electron chi connectivity index (χ4n) is 2.02. The highest BCUT2D eigenvalue weighted by atomic mass is 35.5. The van der Waals surface area contributed by atoms with Gasteiger partial charge in [-0.15, -0.1) is 0 Å². The van der Waals surface area contributed by atoms with E-state index in [1.807, 2.05) is 14.1 Å². The Kier molecular flexibility index (Phi) is 6.30. The summed E-state index contributed by atoms with van der Waals surface area (Å²) in [5.74, 6) is -0.479. The summed E-state index contributed by atoms with van der Waals surface area (Å²) in [7, 11) is 4.01. The van der Waals surface area contributed by atoms with Gasteiger partial charge in [0.25, 0.3) is 0 Å². The molecule has 1 aromatic carbocycles. The number of nitrogens with zero attached hydrogens (tertiary/aromatic N) is 2. The minimum Gasteiger partial charge on any atom is -0.478 e. The van der Waals surface area contributed by atoms with Crippen LogP contribution in [0.1, 0.15) is 24.2 Å². The van der Waals surface area contributed by atoms with Gasteiger partial charge >= 0.3 is 5.97 Å². The van der Waals surface area contributed by atoms with Crippen molar-refractivity contribution in [2.45, 2.75) is 13.8 Å². The molecule has 0 radical (unpaired) electrons. The third-order valence-electron chi connectivity index (χ3n) is 2.93. The van der Waals surface area contributed by atoms with Crippen LogP contribution >= 0.6 is 11.6 Å². The quantitative estimate of drug-likeness (QED) is 0.840. The molecule has 0 amide bonds. The molecule has 1 rings (SSSR count). The van der Waals surface area contributed by atoms with Crippen LogP contribution in [0.2, 0.25) is 5.02 Å². The van der Waals surface area contributed by atoms with E-state index in [0.717, 1.165) is 19.6 Å². The Morgan fingerprint density at radius 2 is 1.95 bits per heavy atom. The number of benzene rings is 1. The number of carboxylic acids is 1. The van der Waals surface area contributed by atoms with E-state index >= 15 is 0 Å². The molecule has 0 aliphatic rings. The van der Waals surface area contributed by atoms with E-state index in [4.69, 9.17) is 11.6 Å². The summed E-state index contributed by atoms with van der Waals surface area (Å²) in [6.07, 6.45) is 0. The van der Waals surface area contributed by atoms with Crippen molar-refractivity contribution in [3.8, 4) is 0 Å². The third kappa shape index (κ3) is 5.02. The number of aromatic carboxylic acids is 1. The van der Waals surface area contributed by atoms with Crippen LogP contribution in [0, 0.1) is 5.92 Å². The van der Waals surface area contributed by atoms with Gasteiger partial charge in [-0.3, -0.25) is 0 Å². The summed E-state index contributed by atoms with van der Waals surface area (Å²) in [6.45, 7) is 6.67. The van der Waals surface area contributed by atoms with Crippen molar-refractivity contribution in [3.05, 3.63) is 28.8 Å². The van der Waals surface area contributed by atoms with Crippen molar-refractivity contribution < 1.29 is 9.90 Å². The Morgan fingerprint density at radius 3 is 2.45 bits per heavy atom. The van der Waals surface area contributed by atoms with E-state index in [0.29, 0.717) is 22.2 Å². The van der Waals surface area contributed by atoms with E-state index in [-0.39, 0.29) is 0 Å². The van der Waals surface area contributed by atoms with Crippen molar-refractivity contribution in [1.29, 1.82) is 0 Å². The number of halogens is 1. The zero-order valence-electron chi connectivity index (χ0n) is 12.6. The molecule has 0 spiro atoms. The number of hydrogen-bond donors (Lipinski definition) is 1. The first kappa shape index (κ1) is 16.8. The SMILES string of the molecule is CC(C)CN(CCN(C)C)c1cc(Cl)ccc1C(=O)O. The van der Waals surface area contributed by atoms with Gasteiger partial charge in [0.2, 0.25) is 0 Å². The van der Waals surface area contributed by atoms with Gasteiger partial charge in [-0.05, 0) is 38.2 Å². The van der Waals surface area contributed by atoms with Gasteiger partial charge in [0.1, 0.15) is 0 Å². The first-order valence-corrected chi connectivity index (χ1v) is 7.11. The summed E-state index contributed by atoms with van der Waals surface area (Å²) in [4.78, 5) is 15.6. The first-order valence-electron chi connectivity index (χ1n) is 6.73. The van der Waals surface area contributed by atoms with Crippen molar-refractivity contribution in [3.63, 3.8) is 0 Å². The van der Waals surface area contributed by atoms with Crippen LogP contribution in [0.15, 0.2) is 18.2 Å². The Bertz CT molecular complexity index is 461. The molecule has 0 unspecified atom stereocenters. The largest absolute Gasteiger partial charge is 0.478 e. The van der Waals surface area contributed by atoms with Gasteiger partial charge in [-0.2, -0.15) is 0 Å². The fourth-order valence-corrected chi connectivity index (χ4v) is 2.19. The molecule has 0 saturated carbocycles. The number of hydrogen-bond acceptors (Lipinski definition) is 3. The van der Waals surface area contributed by atoms with E-state index in [1.165, 1.54) is 0 Å². The topological polar surface area (TPSA) is 43.8 Å². The van der Waals surface area contributed by atoms with Crippen molar-refractivity contribution in [2.24, 2.45) is 5.92 Å². The standard InChI is InChI=1S/C15H23ClN2O2/c1-11(2)10-18(8-7-17(3)4)14-9-12(16)5-6-13(14)15(19)20/h5-6,9,11H,7-8,10H2,1-4H3,(H,19,20). The molecule has 20 heavy (non-hydrogen) atoms. The van der Waals surface area contributed by atoms with Gasteiger partial charge in [-0.25, -0.2) is 4.79 Å². The lowest BCUT2D eigenvalue weighted by atomic mass is 10.1. The summed E-state index contributed by atoms with van der Waals surface area (Å²) >= 11 is 6.03. The van der Waals surface area contributed by atoms with E-state index in [1.54, 1.807) is 18.2 Å². The van der Waals surface area contributed by atoms with Crippen LogP contribution in [-0.4, -0.2) is 49.7 Å². The monoisotopic (exact) mass is 298 g/mol. The predicted octanol–water partition coefficient (Wildman–Crippen LogP) is 3.06. The van der Waals surface area contributed by atoms with E-state index < -0.39 is 5.97 Å². The summed E-state index contributed by atoms with van der Waals surface area (Å²) in [6, 6.07) is 4.93. The molecule has 0 aliphatic heterocycles. The highest BCUT2D eigenvalue weighted by Gasteiger charge is 2.17. The lowest BCUT2D eigenvalue weighted by Crippen LogP contribution is -2.35. The second kappa shape index (κ2) is 7.50. The second-order valence-electron chi connectivity index (χ2n) is 5.61. The first-order chi connectivity index (χ1) is 9.31. The molecule has 0 saturated heterocycles. The van der Waals surface area contributed by atoms with Crippen LogP contribution in [-0.2, 0) is 0 Å². The Balaban J connectivity index is 3.10. The number of likely N-dealkylation sites (N-methyl/N-ethyl adjacent to an activating group) is 1. The average Bonchev–Trinajstić information content (AvgIpc) is 2.33. The minimum atomic E-state index is -0.921. The van der Waals surface area contributed by atoms with Crippen molar-refractivity contribution in [2.75, 3.05) is 38.6 Å².